The Hall–Kier alpha value is -2.12. The lowest BCUT2D eigenvalue weighted by atomic mass is 10.2. The maximum Gasteiger partial charge on any atom is 0.278 e. The van der Waals surface area contributed by atoms with Crippen LogP contribution in [0.3, 0.4) is 0 Å². The van der Waals surface area contributed by atoms with Crippen LogP contribution in [-0.4, -0.2) is 80.5 Å². The van der Waals surface area contributed by atoms with Crippen molar-refractivity contribution in [1.82, 2.24) is 18.4 Å². The van der Waals surface area contributed by atoms with Gasteiger partial charge in [-0.3, -0.25) is 4.79 Å². The van der Waals surface area contributed by atoms with Crippen molar-refractivity contribution < 1.29 is 26.4 Å². The highest BCUT2D eigenvalue weighted by molar-refractivity contribution is 7.89. The molecular weight excluding hydrogens is 468 g/mol. The summed E-state index contributed by atoms with van der Waals surface area (Å²) in [6, 6.07) is 5.82. The topological polar surface area (TPSA) is 119 Å². The molecule has 10 nitrogen and oxygen atoms in total. The van der Waals surface area contributed by atoms with Crippen molar-refractivity contribution in [2.24, 2.45) is 0 Å². The number of morpholine rings is 1. The lowest BCUT2D eigenvalue weighted by molar-refractivity contribution is 0.0730. The monoisotopic (exact) mass is 496 g/mol. The van der Waals surface area contributed by atoms with Crippen LogP contribution in [0.15, 0.2) is 34.1 Å². The smallest absolute Gasteiger partial charge is 0.278 e. The number of rotatable bonds is 5. The Morgan fingerprint density at radius 3 is 2.21 bits per heavy atom. The van der Waals surface area contributed by atoms with Crippen molar-refractivity contribution >= 4 is 26.0 Å². The molecule has 2 aromatic rings. The highest BCUT2D eigenvalue weighted by atomic mass is 32.2. The van der Waals surface area contributed by atoms with Gasteiger partial charge in [0, 0.05) is 31.7 Å². The van der Waals surface area contributed by atoms with Crippen molar-refractivity contribution in [3.8, 4) is 0 Å². The fraction of sp³-hybridized carbons (Fsp3) is 0.524. The van der Waals surface area contributed by atoms with Crippen molar-refractivity contribution in [2.45, 2.75) is 42.9 Å². The van der Waals surface area contributed by atoms with Crippen molar-refractivity contribution in [3.05, 3.63) is 41.2 Å². The fourth-order valence-corrected chi connectivity index (χ4v) is 7.61. The summed E-state index contributed by atoms with van der Waals surface area (Å²) in [5.74, 6) is -0.588. The summed E-state index contributed by atoms with van der Waals surface area (Å²) in [4.78, 5) is 13.3. The van der Waals surface area contributed by atoms with Crippen LogP contribution < -0.4 is 0 Å². The molecule has 0 bridgehead atoms. The molecule has 0 aliphatic carbocycles. The lowest BCUT2D eigenvalue weighted by Crippen LogP contribution is -2.41. The SMILES string of the molecule is Cc1nn(C(=O)c2cccc(S(=O)(=O)N3CCCCC3)c2)c(C)c1S(=O)(=O)N1CCOCC1. The summed E-state index contributed by atoms with van der Waals surface area (Å²) in [6.07, 6.45) is 2.62. The Morgan fingerprint density at radius 2 is 1.55 bits per heavy atom. The molecule has 3 heterocycles. The summed E-state index contributed by atoms with van der Waals surface area (Å²) in [5, 5.41) is 4.20. The Kier molecular flexibility index (Phi) is 6.74. The van der Waals surface area contributed by atoms with Gasteiger partial charge in [0.05, 0.1) is 29.5 Å². The number of carbonyl (C=O) groups excluding carboxylic acids is 1. The lowest BCUT2D eigenvalue weighted by Gasteiger charge is -2.26. The van der Waals surface area contributed by atoms with E-state index in [2.05, 4.69) is 5.10 Å². The van der Waals surface area contributed by atoms with E-state index in [1.165, 1.54) is 39.8 Å². The largest absolute Gasteiger partial charge is 0.379 e. The summed E-state index contributed by atoms with van der Waals surface area (Å²) in [6.45, 7) is 5.07. The van der Waals surface area contributed by atoms with E-state index in [-0.39, 0.29) is 39.8 Å². The standard InChI is InChI=1S/C21H28N4O6S2/c1-16-20(33(29,30)24-11-13-31-14-12-24)17(2)25(22-16)21(26)18-7-6-8-19(15-18)32(27,28)23-9-4-3-5-10-23/h6-8,15H,3-5,9-14H2,1-2H3. The molecule has 2 fully saturated rings. The maximum absolute atomic E-state index is 13.3. The Balaban J connectivity index is 1.67. The first-order chi connectivity index (χ1) is 15.6. The zero-order valence-electron chi connectivity index (χ0n) is 18.7. The number of hydrogen-bond donors (Lipinski definition) is 0. The molecule has 2 saturated heterocycles. The molecule has 1 aromatic heterocycles. The average molecular weight is 497 g/mol. The van der Waals surface area contributed by atoms with Crippen LogP contribution in [0.4, 0.5) is 0 Å². The number of aromatic nitrogens is 2. The van der Waals surface area contributed by atoms with Crippen LogP contribution >= 0.6 is 0 Å². The van der Waals surface area contributed by atoms with Gasteiger partial charge in [-0.2, -0.15) is 18.4 Å². The number of ether oxygens (including phenoxy) is 1. The number of benzene rings is 1. The van der Waals surface area contributed by atoms with Gasteiger partial charge in [-0.25, -0.2) is 16.8 Å². The molecule has 2 aliphatic heterocycles. The van der Waals surface area contributed by atoms with Gasteiger partial charge in [-0.05, 0) is 44.9 Å². The normalized spacial score (nSPS) is 19.0. The number of aryl methyl sites for hydroxylation is 1. The highest BCUT2D eigenvalue weighted by Crippen LogP contribution is 2.26. The summed E-state index contributed by atoms with van der Waals surface area (Å²) in [5.41, 5.74) is 0.520. The van der Waals surface area contributed by atoms with Crippen molar-refractivity contribution in [3.63, 3.8) is 0 Å². The first-order valence-corrected chi connectivity index (χ1v) is 13.8. The quantitative estimate of drug-likeness (QED) is 0.614. The minimum absolute atomic E-state index is 0.00478. The summed E-state index contributed by atoms with van der Waals surface area (Å²) in [7, 11) is -7.56. The van der Waals surface area contributed by atoms with Crippen LogP contribution in [0.2, 0.25) is 0 Å². The van der Waals surface area contributed by atoms with Gasteiger partial charge in [0.15, 0.2) is 0 Å². The molecule has 0 N–H and O–H groups in total. The molecule has 33 heavy (non-hydrogen) atoms. The minimum Gasteiger partial charge on any atom is -0.379 e. The Labute approximate surface area is 194 Å². The summed E-state index contributed by atoms with van der Waals surface area (Å²) >= 11 is 0. The van der Waals surface area contributed by atoms with Crippen LogP contribution in [-0.2, 0) is 24.8 Å². The summed E-state index contributed by atoms with van der Waals surface area (Å²) < 4.78 is 61.5. The van der Waals surface area contributed by atoms with Crippen molar-refractivity contribution in [1.29, 1.82) is 0 Å². The van der Waals surface area contributed by atoms with Gasteiger partial charge >= 0.3 is 0 Å². The van der Waals surface area contributed by atoms with Crippen LogP contribution in [0.5, 0.6) is 0 Å². The first kappa shape index (κ1) is 24.0. The maximum atomic E-state index is 13.3. The minimum atomic E-state index is -3.85. The third-order valence-corrected chi connectivity index (χ3v) is 10.1. The highest BCUT2D eigenvalue weighted by Gasteiger charge is 2.33. The van der Waals surface area contributed by atoms with E-state index in [0.29, 0.717) is 26.3 Å². The first-order valence-electron chi connectivity index (χ1n) is 10.9. The number of sulfonamides is 2. The predicted molar refractivity (Wildman–Crippen MR) is 120 cm³/mol. The zero-order chi connectivity index (χ0) is 23.8. The molecule has 4 rings (SSSR count). The van der Waals surface area contributed by atoms with Crippen LogP contribution in [0.25, 0.3) is 0 Å². The van der Waals surface area contributed by atoms with Gasteiger partial charge in [0.25, 0.3) is 5.91 Å². The molecule has 12 heteroatoms. The molecule has 0 radical (unpaired) electrons. The molecule has 1 aromatic carbocycles. The second kappa shape index (κ2) is 9.26. The molecular formula is C21H28N4O6S2. The van der Waals surface area contributed by atoms with Crippen molar-refractivity contribution in [2.75, 3.05) is 39.4 Å². The van der Waals surface area contributed by atoms with E-state index in [4.69, 9.17) is 4.74 Å². The Morgan fingerprint density at radius 1 is 0.909 bits per heavy atom. The van der Waals surface area contributed by atoms with Crippen LogP contribution in [0.1, 0.15) is 41.0 Å². The molecule has 0 amide bonds. The van der Waals surface area contributed by atoms with Gasteiger partial charge in [-0.15, -0.1) is 0 Å². The van der Waals surface area contributed by atoms with E-state index in [1.807, 2.05) is 0 Å². The van der Waals surface area contributed by atoms with E-state index < -0.39 is 26.0 Å². The Bertz CT molecular complexity index is 1260. The van der Waals surface area contributed by atoms with Gasteiger partial charge in [-0.1, -0.05) is 12.5 Å². The molecule has 2 aliphatic rings. The predicted octanol–water partition coefficient (Wildman–Crippen LogP) is 1.38. The number of nitrogens with zero attached hydrogens (tertiary/aromatic N) is 4. The van der Waals surface area contributed by atoms with Crippen LogP contribution in [0, 0.1) is 13.8 Å². The van der Waals surface area contributed by atoms with Gasteiger partial charge < -0.3 is 4.74 Å². The molecule has 0 spiro atoms. The second-order valence-corrected chi connectivity index (χ2v) is 12.0. The molecule has 180 valence electrons. The molecule has 0 unspecified atom stereocenters. The van der Waals surface area contributed by atoms with Gasteiger partial charge in [0.1, 0.15) is 4.90 Å². The third kappa shape index (κ3) is 4.50. The number of piperidine rings is 1. The van der Waals surface area contributed by atoms with E-state index in [9.17, 15) is 21.6 Å². The number of carbonyl (C=O) groups is 1. The average Bonchev–Trinajstić information content (AvgIpc) is 3.14. The molecule has 0 saturated carbocycles. The van der Waals surface area contributed by atoms with E-state index >= 15 is 0 Å². The van der Waals surface area contributed by atoms with E-state index in [1.54, 1.807) is 6.92 Å². The second-order valence-electron chi connectivity index (χ2n) is 8.23. The zero-order valence-corrected chi connectivity index (χ0v) is 20.4. The number of hydrogen-bond acceptors (Lipinski definition) is 7. The third-order valence-electron chi connectivity index (χ3n) is 6.02. The fourth-order valence-electron chi connectivity index (χ4n) is 4.28. The van der Waals surface area contributed by atoms with E-state index in [0.717, 1.165) is 23.9 Å². The molecule has 0 atom stereocenters. The van der Waals surface area contributed by atoms with Gasteiger partial charge in [0.2, 0.25) is 20.0 Å².